The van der Waals surface area contributed by atoms with Crippen LogP contribution >= 0.6 is 0 Å². The maximum Gasteiger partial charge on any atom is 0.104 e. The molecule has 100 valence electrons. The largest absolute Gasteiger partial charge is 0.384 e. The van der Waals surface area contributed by atoms with Gasteiger partial charge in [0.25, 0.3) is 0 Å². The molecular formula is C17H21NO. The summed E-state index contributed by atoms with van der Waals surface area (Å²) in [7, 11) is 0. The Morgan fingerprint density at radius 3 is 2.11 bits per heavy atom. The van der Waals surface area contributed by atoms with Crippen LogP contribution in [-0.2, 0) is 6.54 Å². The maximum atomic E-state index is 10.5. The molecule has 2 rings (SSSR count). The van der Waals surface area contributed by atoms with Crippen molar-refractivity contribution in [2.45, 2.75) is 33.4 Å². The summed E-state index contributed by atoms with van der Waals surface area (Å²) in [6.45, 7) is 6.73. The maximum absolute atomic E-state index is 10.5. The first kappa shape index (κ1) is 13.8. The van der Waals surface area contributed by atoms with E-state index in [9.17, 15) is 5.11 Å². The number of aryl methyl sites for hydroxylation is 3. The van der Waals surface area contributed by atoms with Crippen molar-refractivity contribution in [1.82, 2.24) is 0 Å². The van der Waals surface area contributed by atoms with Gasteiger partial charge in [0.2, 0.25) is 0 Å². The molecule has 0 bridgehead atoms. The van der Waals surface area contributed by atoms with Gasteiger partial charge in [-0.05, 0) is 54.2 Å². The molecule has 2 aromatic rings. The summed E-state index contributed by atoms with van der Waals surface area (Å²) >= 11 is 0. The molecule has 0 aromatic heterocycles. The predicted molar refractivity (Wildman–Crippen MR) is 79.0 cm³/mol. The smallest absolute Gasteiger partial charge is 0.104 e. The Labute approximate surface area is 114 Å². The van der Waals surface area contributed by atoms with Crippen molar-refractivity contribution in [2.24, 2.45) is 5.73 Å². The molecule has 3 N–H and O–H groups in total. The highest BCUT2D eigenvalue weighted by atomic mass is 16.3. The third kappa shape index (κ3) is 2.86. The van der Waals surface area contributed by atoms with Gasteiger partial charge in [0.1, 0.15) is 6.10 Å². The number of hydrogen-bond donors (Lipinski definition) is 2. The Hall–Kier alpha value is -1.64. The molecule has 2 aromatic carbocycles. The van der Waals surface area contributed by atoms with Crippen molar-refractivity contribution in [1.29, 1.82) is 0 Å². The fourth-order valence-electron chi connectivity index (χ4n) is 2.29. The topological polar surface area (TPSA) is 46.2 Å². The minimum Gasteiger partial charge on any atom is -0.384 e. The minimum absolute atomic E-state index is 0.527. The summed E-state index contributed by atoms with van der Waals surface area (Å²) in [6.07, 6.45) is -0.578. The van der Waals surface area contributed by atoms with E-state index in [0.717, 1.165) is 22.3 Å². The van der Waals surface area contributed by atoms with E-state index >= 15 is 0 Å². The summed E-state index contributed by atoms with van der Waals surface area (Å²) in [5, 5.41) is 10.5. The lowest BCUT2D eigenvalue weighted by Gasteiger charge is -2.16. The van der Waals surface area contributed by atoms with Gasteiger partial charge < -0.3 is 10.8 Å². The van der Waals surface area contributed by atoms with E-state index < -0.39 is 6.10 Å². The normalized spacial score (nSPS) is 12.5. The lowest BCUT2D eigenvalue weighted by molar-refractivity contribution is 0.219. The van der Waals surface area contributed by atoms with Gasteiger partial charge in [-0.2, -0.15) is 0 Å². The number of rotatable bonds is 3. The molecule has 19 heavy (non-hydrogen) atoms. The number of aliphatic hydroxyl groups is 1. The molecule has 0 aliphatic heterocycles. The third-order valence-electron chi connectivity index (χ3n) is 3.71. The molecule has 0 aliphatic carbocycles. The number of hydrogen-bond acceptors (Lipinski definition) is 2. The molecule has 0 aliphatic rings. The average Bonchev–Trinajstić information content (AvgIpc) is 2.42. The zero-order valence-electron chi connectivity index (χ0n) is 11.8. The fourth-order valence-corrected chi connectivity index (χ4v) is 2.29. The van der Waals surface area contributed by atoms with Gasteiger partial charge in [-0.3, -0.25) is 0 Å². The van der Waals surface area contributed by atoms with Crippen LogP contribution in [0.5, 0.6) is 0 Å². The lowest BCUT2D eigenvalue weighted by Crippen LogP contribution is -2.04. The standard InChI is InChI=1S/C17H21NO/c1-11-8-13(3)16(9-12(11)2)17(19)15-6-4-14(10-18)5-7-15/h4-9,17,19H,10,18H2,1-3H3. The zero-order valence-corrected chi connectivity index (χ0v) is 11.8. The van der Waals surface area contributed by atoms with Crippen molar-refractivity contribution < 1.29 is 5.11 Å². The van der Waals surface area contributed by atoms with Crippen molar-refractivity contribution in [3.63, 3.8) is 0 Å². The van der Waals surface area contributed by atoms with Crippen molar-refractivity contribution in [3.05, 3.63) is 69.8 Å². The Morgan fingerprint density at radius 2 is 1.53 bits per heavy atom. The second kappa shape index (κ2) is 5.55. The van der Waals surface area contributed by atoms with E-state index in [1.807, 2.05) is 31.2 Å². The highest BCUT2D eigenvalue weighted by Crippen LogP contribution is 2.27. The van der Waals surface area contributed by atoms with Crippen molar-refractivity contribution >= 4 is 0 Å². The van der Waals surface area contributed by atoms with Crippen LogP contribution in [0.15, 0.2) is 36.4 Å². The minimum atomic E-state index is -0.578. The first-order valence-corrected chi connectivity index (χ1v) is 6.57. The predicted octanol–water partition coefficient (Wildman–Crippen LogP) is 3.15. The average molecular weight is 255 g/mol. The van der Waals surface area contributed by atoms with E-state index in [1.165, 1.54) is 11.1 Å². The molecule has 0 heterocycles. The summed E-state index contributed by atoms with van der Waals surface area (Å²) in [4.78, 5) is 0. The molecule has 0 spiro atoms. The van der Waals surface area contributed by atoms with Crippen LogP contribution in [0.3, 0.4) is 0 Å². The zero-order chi connectivity index (χ0) is 14.0. The quantitative estimate of drug-likeness (QED) is 0.885. The van der Waals surface area contributed by atoms with E-state index in [2.05, 4.69) is 26.0 Å². The molecule has 2 nitrogen and oxygen atoms in total. The van der Waals surface area contributed by atoms with Gasteiger partial charge in [0.05, 0.1) is 0 Å². The Morgan fingerprint density at radius 1 is 0.947 bits per heavy atom. The first-order chi connectivity index (χ1) is 9.02. The summed E-state index contributed by atoms with van der Waals surface area (Å²) in [5.74, 6) is 0. The SMILES string of the molecule is Cc1cc(C)c(C(O)c2ccc(CN)cc2)cc1C. The van der Waals surface area contributed by atoms with E-state index in [1.54, 1.807) is 0 Å². The Balaban J connectivity index is 2.37. The highest BCUT2D eigenvalue weighted by Gasteiger charge is 2.13. The molecular weight excluding hydrogens is 234 g/mol. The van der Waals surface area contributed by atoms with Crippen LogP contribution in [-0.4, -0.2) is 5.11 Å². The monoisotopic (exact) mass is 255 g/mol. The van der Waals surface area contributed by atoms with Gasteiger partial charge in [-0.1, -0.05) is 36.4 Å². The number of benzene rings is 2. The van der Waals surface area contributed by atoms with Crippen LogP contribution < -0.4 is 5.73 Å². The van der Waals surface area contributed by atoms with E-state index in [4.69, 9.17) is 5.73 Å². The Kier molecular flexibility index (Phi) is 4.03. The summed E-state index contributed by atoms with van der Waals surface area (Å²) in [6, 6.07) is 12.0. The summed E-state index contributed by atoms with van der Waals surface area (Å²) in [5.41, 5.74) is 12.1. The van der Waals surface area contributed by atoms with Crippen LogP contribution in [0, 0.1) is 20.8 Å². The summed E-state index contributed by atoms with van der Waals surface area (Å²) < 4.78 is 0. The van der Waals surface area contributed by atoms with E-state index in [0.29, 0.717) is 6.54 Å². The van der Waals surface area contributed by atoms with Crippen LogP contribution in [0.1, 0.15) is 39.5 Å². The van der Waals surface area contributed by atoms with Crippen LogP contribution in [0.4, 0.5) is 0 Å². The van der Waals surface area contributed by atoms with Gasteiger partial charge in [-0.25, -0.2) is 0 Å². The molecule has 2 heteroatoms. The second-order valence-corrected chi connectivity index (χ2v) is 5.14. The van der Waals surface area contributed by atoms with Gasteiger partial charge >= 0.3 is 0 Å². The molecule has 0 amide bonds. The lowest BCUT2D eigenvalue weighted by atomic mass is 9.93. The van der Waals surface area contributed by atoms with Gasteiger partial charge in [0.15, 0.2) is 0 Å². The van der Waals surface area contributed by atoms with Gasteiger partial charge in [-0.15, -0.1) is 0 Å². The second-order valence-electron chi connectivity index (χ2n) is 5.14. The van der Waals surface area contributed by atoms with Crippen molar-refractivity contribution in [3.8, 4) is 0 Å². The third-order valence-corrected chi connectivity index (χ3v) is 3.71. The molecule has 1 atom stereocenters. The van der Waals surface area contributed by atoms with Crippen molar-refractivity contribution in [2.75, 3.05) is 0 Å². The fraction of sp³-hybridized carbons (Fsp3) is 0.294. The number of aliphatic hydroxyl groups excluding tert-OH is 1. The van der Waals surface area contributed by atoms with Crippen LogP contribution in [0.25, 0.3) is 0 Å². The highest BCUT2D eigenvalue weighted by molar-refractivity contribution is 5.41. The molecule has 0 saturated heterocycles. The Bertz CT molecular complexity index is 573. The molecule has 0 fully saturated rings. The number of nitrogens with two attached hydrogens (primary N) is 1. The molecule has 1 unspecified atom stereocenters. The van der Waals surface area contributed by atoms with Gasteiger partial charge in [0, 0.05) is 6.54 Å². The van der Waals surface area contributed by atoms with E-state index in [-0.39, 0.29) is 0 Å². The molecule has 0 radical (unpaired) electrons. The molecule has 0 saturated carbocycles. The van der Waals surface area contributed by atoms with Crippen LogP contribution in [0.2, 0.25) is 0 Å². The first-order valence-electron chi connectivity index (χ1n) is 6.57.